The van der Waals surface area contributed by atoms with Crippen molar-refractivity contribution in [3.8, 4) is 0 Å². The predicted molar refractivity (Wildman–Crippen MR) is 101 cm³/mol. The Bertz CT molecular complexity index is 502. The van der Waals surface area contributed by atoms with E-state index >= 15 is 0 Å². The van der Waals surface area contributed by atoms with E-state index in [1.807, 2.05) is 12.1 Å². The van der Waals surface area contributed by atoms with E-state index < -0.39 is 0 Å². The van der Waals surface area contributed by atoms with E-state index in [0.29, 0.717) is 0 Å². The second kappa shape index (κ2) is 10.5. The zero-order chi connectivity index (χ0) is 17.2. The van der Waals surface area contributed by atoms with E-state index in [1.165, 1.54) is 18.4 Å². The molecule has 0 bridgehead atoms. The summed E-state index contributed by atoms with van der Waals surface area (Å²) in [5.74, 6) is 0.853. The van der Waals surface area contributed by atoms with Crippen LogP contribution in [0.1, 0.15) is 18.4 Å². The van der Waals surface area contributed by atoms with Gasteiger partial charge in [0, 0.05) is 51.4 Å². The topological polar surface area (TPSA) is 48.9 Å². The molecule has 0 amide bonds. The number of nitrogens with zero attached hydrogens (tertiary/aromatic N) is 2. The number of aliphatic imine (C=N–C) groups is 1. The number of methoxy groups -OCH3 is 1. The maximum atomic E-state index is 5.90. The Morgan fingerprint density at radius 1 is 1.21 bits per heavy atom. The van der Waals surface area contributed by atoms with Crippen molar-refractivity contribution in [2.24, 2.45) is 4.99 Å². The van der Waals surface area contributed by atoms with E-state index in [9.17, 15) is 0 Å². The molecule has 0 spiro atoms. The monoisotopic (exact) mass is 352 g/mol. The summed E-state index contributed by atoms with van der Waals surface area (Å²) in [6.07, 6.45) is 3.58. The van der Waals surface area contributed by atoms with Gasteiger partial charge in [0.2, 0.25) is 0 Å². The molecule has 134 valence electrons. The van der Waals surface area contributed by atoms with Gasteiger partial charge in [0.1, 0.15) is 0 Å². The number of guanidine groups is 1. The first-order valence-corrected chi connectivity index (χ1v) is 9.02. The first-order valence-electron chi connectivity index (χ1n) is 8.65. The van der Waals surface area contributed by atoms with E-state index in [-0.39, 0.29) is 0 Å². The van der Waals surface area contributed by atoms with Gasteiger partial charge in [0.15, 0.2) is 5.96 Å². The molecule has 6 heteroatoms. The standard InChI is InChI=1S/C18H29ClN4O/c1-20-18(21-10-9-15-3-5-16(19)6-4-15)22-11-12-23(13-14-24-2)17-7-8-17/h3-6,17H,7-14H2,1-2H3,(H2,20,21,22). The molecular weight excluding hydrogens is 324 g/mol. The van der Waals surface area contributed by atoms with Crippen molar-refractivity contribution in [3.05, 3.63) is 34.9 Å². The molecule has 1 aromatic carbocycles. The highest BCUT2D eigenvalue weighted by Crippen LogP contribution is 2.25. The Balaban J connectivity index is 1.63. The van der Waals surface area contributed by atoms with Crippen molar-refractivity contribution in [2.75, 3.05) is 46.9 Å². The first kappa shape index (κ1) is 19.0. The van der Waals surface area contributed by atoms with Gasteiger partial charge in [-0.15, -0.1) is 0 Å². The highest BCUT2D eigenvalue weighted by atomic mass is 35.5. The molecular formula is C18H29ClN4O. The third-order valence-electron chi connectivity index (χ3n) is 4.18. The summed E-state index contributed by atoms with van der Waals surface area (Å²) in [6.45, 7) is 4.56. The summed E-state index contributed by atoms with van der Waals surface area (Å²) in [5.41, 5.74) is 1.27. The number of hydrogen-bond donors (Lipinski definition) is 2. The molecule has 0 saturated heterocycles. The van der Waals surface area contributed by atoms with Crippen LogP contribution in [0.15, 0.2) is 29.3 Å². The fraction of sp³-hybridized carbons (Fsp3) is 0.611. The molecule has 0 aromatic heterocycles. The molecule has 1 aromatic rings. The molecule has 5 nitrogen and oxygen atoms in total. The highest BCUT2D eigenvalue weighted by molar-refractivity contribution is 6.30. The summed E-state index contributed by atoms with van der Waals surface area (Å²) >= 11 is 5.90. The van der Waals surface area contributed by atoms with Crippen molar-refractivity contribution >= 4 is 17.6 Å². The largest absolute Gasteiger partial charge is 0.383 e. The second-order valence-electron chi connectivity index (χ2n) is 6.06. The molecule has 24 heavy (non-hydrogen) atoms. The van der Waals surface area contributed by atoms with Gasteiger partial charge in [-0.3, -0.25) is 9.89 Å². The van der Waals surface area contributed by atoms with Gasteiger partial charge >= 0.3 is 0 Å². The minimum atomic E-state index is 0.752. The van der Waals surface area contributed by atoms with Crippen LogP contribution >= 0.6 is 11.6 Å². The van der Waals surface area contributed by atoms with Gasteiger partial charge in [-0.2, -0.15) is 0 Å². The van der Waals surface area contributed by atoms with Crippen molar-refractivity contribution < 1.29 is 4.74 Å². The van der Waals surface area contributed by atoms with Crippen LogP contribution < -0.4 is 10.6 Å². The van der Waals surface area contributed by atoms with Crippen LogP contribution in [0.5, 0.6) is 0 Å². The normalized spacial score (nSPS) is 14.9. The smallest absolute Gasteiger partial charge is 0.191 e. The fourth-order valence-electron chi connectivity index (χ4n) is 2.64. The maximum Gasteiger partial charge on any atom is 0.191 e. The Morgan fingerprint density at radius 3 is 2.54 bits per heavy atom. The maximum absolute atomic E-state index is 5.90. The lowest BCUT2D eigenvalue weighted by Gasteiger charge is -2.22. The van der Waals surface area contributed by atoms with Gasteiger partial charge in [-0.05, 0) is 37.0 Å². The van der Waals surface area contributed by atoms with Crippen LogP contribution in [0.2, 0.25) is 5.02 Å². The molecule has 2 rings (SSSR count). The summed E-state index contributed by atoms with van der Waals surface area (Å²) in [7, 11) is 3.57. The summed E-state index contributed by atoms with van der Waals surface area (Å²) in [5, 5.41) is 7.52. The average Bonchev–Trinajstić information content (AvgIpc) is 3.43. The Morgan fingerprint density at radius 2 is 1.92 bits per heavy atom. The quantitative estimate of drug-likeness (QED) is 0.500. The summed E-state index contributed by atoms with van der Waals surface area (Å²) < 4.78 is 5.19. The lowest BCUT2D eigenvalue weighted by atomic mass is 10.1. The molecule has 0 heterocycles. The van der Waals surface area contributed by atoms with Crippen LogP contribution in [0.25, 0.3) is 0 Å². The zero-order valence-corrected chi connectivity index (χ0v) is 15.5. The van der Waals surface area contributed by atoms with Crippen LogP contribution in [-0.2, 0) is 11.2 Å². The van der Waals surface area contributed by atoms with Crippen LogP contribution in [0.4, 0.5) is 0 Å². The number of halogens is 1. The fourth-order valence-corrected chi connectivity index (χ4v) is 2.77. The van der Waals surface area contributed by atoms with Gasteiger partial charge in [-0.1, -0.05) is 23.7 Å². The van der Waals surface area contributed by atoms with E-state index in [0.717, 1.165) is 56.2 Å². The van der Waals surface area contributed by atoms with Gasteiger partial charge in [0.25, 0.3) is 0 Å². The Hall–Kier alpha value is -1.30. The molecule has 2 N–H and O–H groups in total. The van der Waals surface area contributed by atoms with Crippen molar-refractivity contribution in [2.45, 2.75) is 25.3 Å². The molecule has 1 saturated carbocycles. The van der Waals surface area contributed by atoms with Crippen molar-refractivity contribution in [1.29, 1.82) is 0 Å². The summed E-state index contributed by atoms with van der Waals surface area (Å²) in [6, 6.07) is 8.72. The molecule has 1 aliphatic rings. The predicted octanol–water partition coefficient (Wildman–Crippen LogP) is 2.16. The molecule has 0 radical (unpaired) electrons. The molecule has 0 aliphatic heterocycles. The zero-order valence-electron chi connectivity index (χ0n) is 14.7. The van der Waals surface area contributed by atoms with Gasteiger partial charge < -0.3 is 15.4 Å². The van der Waals surface area contributed by atoms with Crippen molar-refractivity contribution in [3.63, 3.8) is 0 Å². The third kappa shape index (κ3) is 7.07. The molecule has 0 unspecified atom stereocenters. The SMILES string of the molecule is CN=C(NCCc1ccc(Cl)cc1)NCCN(CCOC)C1CC1. The molecule has 1 fully saturated rings. The number of nitrogens with one attached hydrogen (secondary N) is 2. The number of ether oxygens (including phenoxy) is 1. The van der Waals surface area contributed by atoms with Gasteiger partial charge in [0.05, 0.1) is 6.61 Å². The molecule has 0 atom stereocenters. The average molecular weight is 353 g/mol. The second-order valence-corrected chi connectivity index (χ2v) is 6.50. The highest BCUT2D eigenvalue weighted by Gasteiger charge is 2.28. The van der Waals surface area contributed by atoms with Crippen LogP contribution in [0, 0.1) is 0 Å². The lowest BCUT2D eigenvalue weighted by molar-refractivity contribution is 0.144. The van der Waals surface area contributed by atoms with E-state index in [2.05, 4.69) is 32.7 Å². The van der Waals surface area contributed by atoms with E-state index in [1.54, 1.807) is 14.2 Å². The van der Waals surface area contributed by atoms with E-state index in [4.69, 9.17) is 16.3 Å². The lowest BCUT2D eigenvalue weighted by Crippen LogP contribution is -2.43. The summed E-state index contributed by atoms with van der Waals surface area (Å²) in [4.78, 5) is 6.78. The van der Waals surface area contributed by atoms with Crippen LogP contribution in [0.3, 0.4) is 0 Å². The van der Waals surface area contributed by atoms with Crippen molar-refractivity contribution in [1.82, 2.24) is 15.5 Å². The number of rotatable bonds is 10. The number of hydrogen-bond acceptors (Lipinski definition) is 3. The third-order valence-corrected chi connectivity index (χ3v) is 4.43. The molecule has 1 aliphatic carbocycles. The van der Waals surface area contributed by atoms with Gasteiger partial charge in [-0.25, -0.2) is 0 Å². The first-order chi connectivity index (χ1) is 11.7. The number of benzene rings is 1. The minimum Gasteiger partial charge on any atom is -0.383 e. The Labute approximate surface area is 150 Å². The van der Waals surface area contributed by atoms with Crippen LogP contribution in [-0.4, -0.2) is 63.8 Å². The Kier molecular flexibility index (Phi) is 8.36. The minimum absolute atomic E-state index is 0.752.